The van der Waals surface area contributed by atoms with Gasteiger partial charge in [0.1, 0.15) is 0 Å². The van der Waals surface area contributed by atoms with Gasteiger partial charge in [-0.2, -0.15) is 0 Å². The van der Waals surface area contributed by atoms with Gasteiger partial charge in [0.05, 0.1) is 6.04 Å². The molecule has 3 atom stereocenters. The minimum Gasteiger partial charge on any atom is -0.333 e. The van der Waals surface area contributed by atoms with Crippen molar-refractivity contribution in [3.05, 3.63) is 253 Å². The molecule has 1 heterocycles. The second kappa shape index (κ2) is 15.0. The summed E-state index contributed by atoms with van der Waals surface area (Å²) < 4.78 is 0. The molecule has 0 bridgehead atoms. The lowest BCUT2D eigenvalue weighted by Gasteiger charge is -2.29. The van der Waals surface area contributed by atoms with Gasteiger partial charge in [0.15, 0.2) is 0 Å². The maximum Gasteiger partial charge on any atom is 0.0629 e. The lowest BCUT2D eigenvalue weighted by Crippen LogP contribution is -2.28. The zero-order valence-electron chi connectivity index (χ0n) is 35.5. The van der Waals surface area contributed by atoms with E-state index in [0.717, 1.165) is 12.8 Å². The highest BCUT2D eigenvalue weighted by Crippen LogP contribution is 2.52. The zero-order valence-corrected chi connectivity index (χ0v) is 35.5. The molecule has 64 heavy (non-hydrogen) atoms. The van der Waals surface area contributed by atoms with Gasteiger partial charge in [-0.15, -0.1) is 0 Å². The molecule has 3 aliphatic carbocycles. The number of fused-ring (bicyclic) bond motifs is 8. The van der Waals surface area contributed by atoms with E-state index >= 15 is 0 Å². The number of rotatable bonds is 6. The summed E-state index contributed by atoms with van der Waals surface area (Å²) in [6.45, 7) is 0. The fourth-order valence-corrected chi connectivity index (χ4v) is 11.5. The summed E-state index contributed by atoms with van der Waals surface area (Å²) >= 11 is 0. The molecule has 0 saturated heterocycles. The van der Waals surface area contributed by atoms with Gasteiger partial charge in [0.25, 0.3) is 0 Å². The van der Waals surface area contributed by atoms with E-state index in [1.807, 2.05) is 0 Å². The number of hydrogen-bond acceptors (Lipinski definition) is 1. The Balaban J connectivity index is 0.874. The van der Waals surface area contributed by atoms with E-state index in [2.05, 4.69) is 235 Å². The molecule has 1 heteroatoms. The number of benzene rings is 9. The van der Waals surface area contributed by atoms with Gasteiger partial charge in [0, 0.05) is 23.2 Å². The predicted molar refractivity (Wildman–Crippen MR) is 270 cm³/mol. The SMILES string of the molecule is C1=CCCC(C2c3ccccc3-c3cc(-c4cccc(-c5ccc6c(c5)N(c5ccc(-c7c8ccccc8c(-c8ccccc8)c8ccccc78)cc5)C5C=CC=CC65)c4)ccc32)=C1. The summed E-state index contributed by atoms with van der Waals surface area (Å²) in [6.07, 6.45) is 18.3. The second-order valence-corrected chi connectivity index (χ2v) is 17.8. The fourth-order valence-electron chi connectivity index (χ4n) is 11.5. The Morgan fingerprint density at radius 1 is 0.406 bits per heavy atom. The zero-order chi connectivity index (χ0) is 42.1. The third kappa shape index (κ3) is 5.85. The Bertz CT molecular complexity index is 3400. The van der Waals surface area contributed by atoms with Crippen LogP contribution in [-0.2, 0) is 0 Å². The van der Waals surface area contributed by atoms with Gasteiger partial charge in [-0.25, -0.2) is 0 Å². The fraction of sp³-hybridized carbons (Fsp3) is 0.0794. The number of allylic oxidation sites excluding steroid dienone is 6. The molecule has 1 nitrogen and oxygen atoms in total. The molecule has 0 N–H and O–H groups in total. The van der Waals surface area contributed by atoms with Crippen molar-refractivity contribution < 1.29 is 0 Å². The van der Waals surface area contributed by atoms with Crippen LogP contribution in [-0.4, -0.2) is 6.04 Å². The summed E-state index contributed by atoms with van der Waals surface area (Å²) in [4.78, 5) is 2.57. The average molecular weight is 816 g/mol. The van der Waals surface area contributed by atoms with Crippen LogP contribution in [0.25, 0.3) is 77.2 Å². The monoisotopic (exact) mass is 815 g/mol. The molecule has 0 fully saturated rings. The third-order valence-electron chi connectivity index (χ3n) is 14.4. The molecule has 1 aliphatic heterocycles. The first kappa shape index (κ1) is 36.9. The van der Waals surface area contributed by atoms with Gasteiger partial charge >= 0.3 is 0 Å². The number of hydrogen-bond donors (Lipinski definition) is 0. The molecule has 0 amide bonds. The van der Waals surface area contributed by atoms with Crippen molar-refractivity contribution in [3.8, 4) is 55.6 Å². The molecule has 0 radical (unpaired) electrons. The average Bonchev–Trinajstić information content (AvgIpc) is 3.88. The van der Waals surface area contributed by atoms with Crippen molar-refractivity contribution in [2.45, 2.75) is 30.7 Å². The molecule has 3 unspecified atom stereocenters. The molecule has 302 valence electrons. The minimum atomic E-state index is 0.206. The highest BCUT2D eigenvalue weighted by atomic mass is 15.2. The Morgan fingerprint density at radius 3 is 1.67 bits per heavy atom. The van der Waals surface area contributed by atoms with E-state index in [-0.39, 0.29) is 12.0 Å². The van der Waals surface area contributed by atoms with E-state index in [4.69, 9.17) is 0 Å². The largest absolute Gasteiger partial charge is 0.333 e. The van der Waals surface area contributed by atoms with Gasteiger partial charge in [-0.3, -0.25) is 0 Å². The molecular formula is C63H45N. The highest BCUT2D eigenvalue weighted by Gasteiger charge is 2.38. The van der Waals surface area contributed by atoms with Crippen LogP contribution in [0.3, 0.4) is 0 Å². The first-order valence-corrected chi connectivity index (χ1v) is 22.8. The van der Waals surface area contributed by atoms with Crippen LogP contribution < -0.4 is 4.90 Å². The molecule has 13 rings (SSSR count). The van der Waals surface area contributed by atoms with E-state index in [9.17, 15) is 0 Å². The van der Waals surface area contributed by atoms with Crippen molar-refractivity contribution in [2.75, 3.05) is 4.90 Å². The van der Waals surface area contributed by atoms with Gasteiger partial charge in [-0.05, 0) is 137 Å². The summed E-state index contributed by atoms with van der Waals surface area (Å²) in [5.41, 5.74) is 21.0. The summed E-state index contributed by atoms with van der Waals surface area (Å²) in [5.74, 6) is 0.624. The van der Waals surface area contributed by atoms with Crippen LogP contribution in [0.5, 0.6) is 0 Å². The van der Waals surface area contributed by atoms with Crippen LogP contribution in [0.4, 0.5) is 11.4 Å². The van der Waals surface area contributed by atoms with Gasteiger partial charge in [0.2, 0.25) is 0 Å². The van der Waals surface area contributed by atoms with Crippen molar-refractivity contribution in [1.82, 2.24) is 0 Å². The van der Waals surface area contributed by atoms with Crippen LogP contribution >= 0.6 is 0 Å². The normalized spacial score (nSPS) is 17.9. The second-order valence-electron chi connectivity index (χ2n) is 17.8. The quantitative estimate of drug-likeness (QED) is 0.151. The van der Waals surface area contributed by atoms with E-state index in [0.29, 0.717) is 5.92 Å². The molecule has 9 aromatic rings. The van der Waals surface area contributed by atoms with Crippen LogP contribution in [0.15, 0.2) is 236 Å². The third-order valence-corrected chi connectivity index (χ3v) is 14.4. The molecule has 0 spiro atoms. The molecular weight excluding hydrogens is 771 g/mol. The first-order valence-electron chi connectivity index (χ1n) is 22.8. The van der Waals surface area contributed by atoms with Crippen LogP contribution in [0.2, 0.25) is 0 Å². The highest BCUT2D eigenvalue weighted by molar-refractivity contribution is 6.21. The summed E-state index contributed by atoms with van der Waals surface area (Å²) in [6, 6.07) is 70.8. The minimum absolute atomic E-state index is 0.206. The Kier molecular flexibility index (Phi) is 8.62. The van der Waals surface area contributed by atoms with Gasteiger partial charge in [-0.1, -0.05) is 206 Å². The standard InChI is InChI=1S/C63H45N/c1-3-16-41(17-4-1)61-52-24-8-7-22-49(52)58-39-46(33-37-57(58)61)44-20-15-21-45(38-44)47-32-36-51-50-23-13-14-29-59(50)64(60(51)40-47)48-34-30-43(31-35-48)63-55-27-11-9-25-53(55)62(42-18-5-2-6-19-42)54-26-10-12-28-56(54)63/h1-3,5-16,18-40,50,59,61H,4,17H2. The summed E-state index contributed by atoms with van der Waals surface area (Å²) in [7, 11) is 0. The Morgan fingerprint density at radius 2 is 0.969 bits per heavy atom. The van der Waals surface area contributed by atoms with Crippen molar-refractivity contribution in [2.24, 2.45) is 0 Å². The topological polar surface area (TPSA) is 3.24 Å². The van der Waals surface area contributed by atoms with E-state index in [1.54, 1.807) is 0 Å². The summed E-state index contributed by atoms with van der Waals surface area (Å²) in [5, 5.41) is 5.10. The number of nitrogens with zero attached hydrogens (tertiary/aromatic N) is 1. The van der Waals surface area contributed by atoms with E-state index in [1.165, 1.54) is 111 Å². The van der Waals surface area contributed by atoms with Crippen LogP contribution in [0, 0.1) is 0 Å². The maximum atomic E-state index is 2.57. The van der Waals surface area contributed by atoms with Crippen molar-refractivity contribution >= 4 is 32.9 Å². The van der Waals surface area contributed by atoms with Crippen molar-refractivity contribution in [1.29, 1.82) is 0 Å². The molecule has 4 aliphatic rings. The predicted octanol–water partition coefficient (Wildman–Crippen LogP) is 16.8. The Hall–Kier alpha value is -7.74. The smallest absolute Gasteiger partial charge is 0.0629 e. The maximum absolute atomic E-state index is 2.57. The van der Waals surface area contributed by atoms with Gasteiger partial charge < -0.3 is 4.90 Å². The van der Waals surface area contributed by atoms with Crippen LogP contribution in [0.1, 0.15) is 41.4 Å². The van der Waals surface area contributed by atoms with E-state index < -0.39 is 0 Å². The lowest BCUT2D eigenvalue weighted by molar-refractivity contribution is 0.745. The Labute approximate surface area is 375 Å². The van der Waals surface area contributed by atoms with Crippen molar-refractivity contribution in [3.63, 3.8) is 0 Å². The first-order chi connectivity index (χ1) is 31.8. The number of anilines is 2. The molecule has 0 saturated carbocycles. The lowest BCUT2D eigenvalue weighted by atomic mass is 9.84. The molecule has 9 aromatic carbocycles. The molecule has 0 aromatic heterocycles.